The van der Waals surface area contributed by atoms with Crippen molar-refractivity contribution in [3.63, 3.8) is 0 Å². The number of ether oxygens (including phenoxy) is 1. The van der Waals surface area contributed by atoms with Gasteiger partial charge in [-0.15, -0.1) is 0 Å². The average Bonchev–Trinajstić information content (AvgIpc) is 1.61. The number of nitrogens with zero attached hydrogens (tertiary/aromatic N) is 5. The molecule has 0 N–H and O–H groups in total. The van der Waals surface area contributed by atoms with E-state index in [1.807, 2.05) is 106 Å². The minimum absolute atomic E-state index is 0.0206. The number of hydrogen-bond donors (Lipinski definition) is 0. The maximum atomic E-state index is 9.34. The molecule has 2 aromatic heterocycles. The zero-order valence-electron chi connectivity index (χ0n) is 54.8. The van der Waals surface area contributed by atoms with Gasteiger partial charge in [-0.25, -0.2) is 0 Å². The van der Waals surface area contributed by atoms with Crippen molar-refractivity contribution in [2.24, 2.45) is 0 Å². The van der Waals surface area contributed by atoms with E-state index in [1.165, 1.54) is 24.3 Å². The van der Waals surface area contributed by atoms with E-state index in [-0.39, 0.29) is 50.4 Å². The van der Waals surface area contributed by atoms with E-state index in [1.54, 1.807) is 30.3 Å². The van der Waals surface area contributed by atoms with Gasteiger partial charge in [0.25, 0.3) is 0 Å². The Hall–Kier alpha value is -8.25. The monoisotopic (exact) mass is 1160 g/mol. The first-order chi connectivity index (χ1) is 42.2. The van der Waals surface area contributed by atoms with Crippen LogP contribution in [-0.4, -0.2) is 21.1 Å². The molecule has 5 heterocycles. The maximum absolute atomic E-state index is 9.34. The number of pyridine rings is 1. The molecule has 3 aliphatic heterocycles. The van der Waals surface area contributed by atoms with Gasteiger partial charge in [-0.1, -0.05) is 42.5 Å². The molecule has 8 heteroatoms. The second-order valence-electron chi connectivity index (χ2n) is 20.1. The SMILES string of the molecule is [2H]c1c([2H])c([2H])c(-c2cccc(-c3cccc(C(C)(C)C)c3)c2-n2[c](=[Pt])n(-c3cc(Oc4cc(C([2H])([2H])[2H])c5c(n4)N4B6c7c(cccc7-5)-c5ccccc5N6c5ccccc54)cc(-c4c(C([2H])([2H])[2H])cccc4C([2H])([2H])[2H])c3)c3ccccc32)c([2H])c1[2H]. The predicted octanol–water partition coefficient (Wildman–Crippen LogP) is 16.6. The van der Waals surface area contributed by atoms with Crippen molar-refractivity contribution in [2.45, 2.75) is 46.7 Å². The average molecular weight is 1160 g/mol. The van der Waals surface area contributed by atoms with Gasteiger partial charge in [0.15, 0.2) is 0 Å². The Morgan fingerprint density at radius 2 is 1.16 bits per heavy atom. The third-order valence-electron chi connectivity index (χ3n) is 14.7. The summed E-state index contributed by atoms with van der Waals surface area (Å²) in [6.45, 7) is -2.49. The molecule has 0 unspecified atom stereocenters. The summed E-state index contributed by atoms with van der Waals surface area (Å²) >= 11 is 2.19. The molecule has 0 radical (unpaired) electrons. The van der Waals surface area contributed by atoms with E-state index in [9.17, 15) is 6.85 Å². The fourth-order valence-corrected chi connectivity index (χ4v) is 12.5. The summed E-state index contributed by atoms with van der Waals surface area (Å²) in [4.78, 5) is 9.61. The molecule has 11 aromatic rings. The molecule has 9 aromatic carbocycles. The first kappa shape index (κ1) is 32.8. The number of fused-ring (bicyclic) bond motifs is 10. The van der Waals surface area contributed by atoms with Crippen LogP contribution in [0.15, 0.2) is 206 Å². The third-order valence-corrected chi connectivity index (χ3v) is 15.7. The van der Waals surface area contributed by atoms with Gasteiger partial charge in [0, 0.05) is 11.3 Å². The van der Waals surface area contributed by atoms with Gasteiger partial charge in [-0.3, -0.25) is 0 Å². The molecule has 0 bridgehead atoms. The number of benzene rings is 9. The summed E-state index contributed by atoms with van der Waals surface area (Å²) < 4.78 is 137. The van der Waals surface area contributed by atoms with Crippen molar-refractivity contribution >= 4 is 46.4 Å². The Balaban J connectivity index is 1.05. The molecule has 6 nitrogen and oxygen atoms in total. The molecule has 364 valence electrons. The number of rotatable bonds is 7. The van der Waals surface area contributed by atoms with Gasteiger partial charge in [-0.2, -0.15) is 0 Å². The van der Waals surface area contributed by atoms with Crippen molar-refractivity contribution in [1.82, 2.24) is 14.1 Å². The van der Waals surface area contributed by atoms with Crippen LogP contribution in [0, 0.1) is 24.4 Å². The molecule has 0 fully saturated rings. The minimum atomic E-state index is -2.82. The Morgan fingerprint density at radius 1 is 0.533 bits per heavy atom. The summed E-state index contributed by atoms with van der Waals surface area (Å²) in [7, 11) is 0. The summed E-state index contributed by atoms with van der Waals surface area (Å²) in [5.41, 5.74) is 10.8. The van der Waals surface area contributed by atoms with Crippen LogP contribution in [0.2, 0.25) is 0 Å². The first-order valence-corrected chi connectivity index (χ1v) is 25.8. The van der Waals surface area contributed by atoms with Crippen LogP contribution in [0.1, 0.15) is 62.2 Å². The van der Waals surface area contributed by atoms with Crippen molar-refractivity contribution < 1.29 is 43.3 Å². The number of aromatic nitrogens is 3. The molecule has 0 atom stereocenters. The standard InChI is InChI=1S/C67H52BN5O.Pt/c1-42-20-16-21-43(2)62(42)47-38-49(70-41-71(58-33-13-12-32-57(58)70)65-51(45-22-8-7-9-23-45)27-18-28-52(65)46-24-17-25-48(37-46)67(4,5)6)40-50(39-47)74-61-36-44(3)63-55-30-19-29-54-53-26-10-11-31-56(53)72-59-34-14-15-35-60(59)73(66(63)69-61)68(72)64(54)55;/h7-40H,1-6H3;/i1D3,2D3,3D3,7D,8D,9D,22D,23D;. The van der Waals surface area contributed by atoms with Crippen molar-refractivity contribution in [2.75, 3.05) is 9.62 Å². The van der Waals surface area contributed by atoms with E-state index < -0.39 is 57.8 Å². The van der Waals surface area contributed by atoms with Crippen molar-refractivity contribution in [3.8, 4) is 78.6 Å². The van der Waals surface area contributed by atoms with Crippen LogP contribution < -0.4 is 19.8 Å². The summed E-state index contributed by atoms with van der Waals surface area (Å²) in [5.74, 6) is 0.272. The van der Waals surface area contributed by atoms with E-state index in [2.05, 4.69) is 74.0 Å². The zero-order valence-corrected chi connectivity index (χ0v) is 43.1. The van der Waals surface area contributed by atoms with Crippen LogP contribution >= 0.6 is 0 Å². The Bertz CT molecular complexity index is 4850. The van der Waals surface area contributed by atoms with E-state index in [0.717, 1.165) is 44.8 Å². The van der Waals surface area contributed by atoms with Crippen molar-refractivity contribution in [1.29, 1.82) is 0 Å². The fourth-order valence-electron chi connectivity index (χ4n) is 11.4. The normalized spacial score (nSPS) is 16.1. The van der Waals surface area contributed by atoms with Crippen LogP contribution in [0.3, 0.4) is 0 Å². The summed E-state index contributed by atoms with van der Waals surface area (Å²) in [6, 6.07) is 51.3. The fraction of sp³-hybridized carbons (Fsp3) is 0.104. The number of imidazole rings is 1. The molecule has 0 spiro atoms. The molecule has 0 saturated heterocycles. The van der Waals surface area contributed by atoms with Gasteiger partial charge < -0.3 is 0 Å². The molecule has 0 amide bonds. The number of para-hydroxylation sites is 6. The van der Waals surface area contributed by atoms with Gasteiger partial charge in [0.2, 0.25) is 0 Å². The van der Waals surface area contributed by atoms with E-state index in [0.29, 0.717) is 54.3 Å². The molecular weight excluding hydrogens is 1100 g/mol. The Labute approximate surface area is 469 Å². The van der Waals surface area contributed by atoms with Crippen LogP contribution in [0.5, 0.6) is 11.6 Å². The molecule has 14 rings (SSSR count). The Morgan fingerprint density at radius 3 is 1.91 bits per heavy atom. The summed E-state index contributed by atoms with van der Waals surface area (Å²) in [6.07, 6.45) is 0. The van der Waals surface area contributed by atoms with E-state index >= 15 is 0 Å². The quantitative estimate of drug-likeness (QED) is 0.149. The number of aryl methyl sites for hydroxylation is 3. The van der Waals surface area contributed by atoms with Gasteiger partial charge >= 0.3 is 400 Å². The topological polar surface area (TPSA) is 38.5 Å². The predicted molar refractivity (Wildman–Crippen MR) is 306 cm³/mol. The second-order valence-corrected chi connectivity index (χ2v) is 21.1. The molecule has 0 aliphatic carbocycles. The number of anilines is 4. The molecular formula is C67H52BN5OPt. The van der Waals surface area contributed by atoms with Gasteiger partial charge in [-0.05, 0) is 17.7 Å². The van der Waals surface area contributed by atoms with E-state index in [4.69, 9.17) is 22.1 Å². The molecule has 75 heavy (non-hydrogen) atoms. The Kier molecular flexibility index (Phi) is 7.51. The number of hydrogen-bond acceptors (Lipinski definition) is 4. The first-order valence-electron chi connectivity index (χ1n) is 31.6. The van der Waals surface area contributed by atoms with Crippen LogP contribution in [-0.2, 0) is 24.8 Å². The third kappa shape index (κ3) is 7.05. The van der Waals surface area contributed by atoms with Crippen molar-refractivity contribution in [3.05, 3.63) is 232 Å². The second kappa shape index (κ2) is 17.2. The van der Waals surface area contributed by atoms with Gasteiger partial charge in [0.1, 0.15) is 0 Å². The molecule has 3 aliphatic rings. The van der Waals surface area contributed by atoms with Crippen LogP contribution in [0.25, 0.3) is 78.0 Å². The van der Waals surface area contributed by atoms with Gasteiger partial charge in [0.05, 0.1) is 0 Å². The zero-order chi connectivity index (χ0) is 62.7. The van der Waals surface area contributed by atoms with Crippen LogP contribution in [0.4, 0.5) is 22.9 Å². The summed E-state index contributed by atoms with van der Waals surface area (Å²) in [5, 5.41) is 0. The molecule has 0 saturated carbocycles.